The van der Waals surface area contributed by atoms with Gasteiger partial charge in [-0.25, -0.2) is 4.79 Å². The van der Waals surface area contributed by atoms with Crippen molar-refractivity contribution in [2.24, 2.45) is 5.73 Å². The van der Waals surface area contributed by atoms with E-state index in [2.05, 4.69) is 10.1 Å². The molecule has 1 amide bonds. The first-order valence-electron chi connectivity index (χ1n) is 3.55. The lowest BCUT2D eigenvalue weighted by Gasteiger charge is -2.27. The van der Waals surface area contributed by atoms with E-state index in [1.165, 1.54) is 0 Å². The predicted molar refractivity (Wildman–Crippen MR) is 37.9 cm³/mol. The Labute approximate surface area is 64.5 Å². The van der Waals surface area contributed by atoms with E-state index in [-0.39, 0.29) is 0 Å². The van der Waals surface area contributed by atoms with Crippen LogP contribution in [0.3, 0.4) is 0 Å². The number of rotatable bonds is 1. The van der Waals surface area contributed by atoms with Gasteiger partial charge in [-0.15, -0.1) is 0 Å². The van der Waals surface area contributed by atoms with E-state index in [9.17, 15) is 9.90 Å². The maximum Gasteiger partial charge on any atom is 0.404 e. The van der Waals surface area contributed by atoms with E-state index in [0.717, 1.165) is 6.54 Å². The number of aliphatic hydroxyl groups is 1. The molecule has 0 spiro atoms. The second kappa shape index (κ2) is 3.54. The fourth-order valence-corrected chi connectivity index (χ4v) is 1.09. The minimum absolute atomic E-state index is 0.476. The lowest BCUT2D eigenvalue weighted by molar-refractivity contribution is -0.00989. The maximum absolute atomic E-state index is 10.3. The number of hydrogen-bond donors (Lipinski definition) is 3. The molecule has 0 aliphatic carbocycles. The fourth-order valence-electron chi connectivity index (χ4n) is 1.09. The number of piperidine rings is 1. The molecular weight excluding hydrogens is 148 g/mol. The van der Waals surface area contributed by atoms with Crippen LogP contribution in [0.25, 0.3) is 0 Å². The van der Waals surface area contributed by atoms with Crippen molar-refractivity contribution in [3.05, 3.63) is 0 Å². The molecule has 2 atom stereocenters. The molecule has 1 aliphatic rings. The Morgan fingerprint density at radius 1 is 1.73 bits per heavy atom. The highest BCUT2D eigenvalue weighted by atomic mass is 16.6. The predicted octanol–water partition coefficient (Wildman–Crippen LogP) is -1.20. The number of primary amides is 1. The molecule has 0 saturated carbocycles. The second-order valence-corrected chi connectivity index (χ2v) is 2.54. The number of carbonyl (C=O) groups excluding carboxylic acids is 1. The van der Waals surface area contributed by atoms with Gasteiger partial charge in [-0.05, 0) is 13.0 Å². The number of ether oxygens (including phenoxy) is 1. The van der Waals surface area contributed by atoms with Crippen LogP contribution in [0.4, 0.5) is 4.79 Å². The quantitative estimate of drug-likeness (QED) is 0.450. The van der Waals surface area contributed by atoms with Crippen molar-refractivity contribution in [1.29, 1.82) is 0 Å². The molecule has 1 saturated heterocycles. The van der Waals surface area contributed by atoms with Gasteiger partial charge in [-0.1, -0.05) is 0 Å². The van der Waals surface area contributed by atoms with Gasteiger partial charge >= 0.3 is 6.09 Å². The molecule has 1 rings (SSSR count). The molecule has 0 unspecified atom stereocenters. The summed E-state index contributed by atoms with van der Waals surface area (Å²) in [5.74, 6) is 0. The van der Waals surface area contributed by atoms with Crippen molar-refractivity contribution in [3.8, 4) is 0 Å². The van der Waals surface area contributed by atoms with Crippen LogP contribution >= 0.6 is 0 Å². The molecule has 1 aliphatic heterocycles. The Morgan fingerprint density at radius 2 is 2.45 bits per heavy atom. The topological polar surface area (TPSA) is 84.6 Å². The van der Waals surface area contributed by atoms with Gasteiger partial charge in [0.05, 0.1) is 6.10 Å². The number of nitrogens with two attached hydrogens (primary N) is 1. The summed E-state index contributed by atoms with van der Waals surface area (Å²) >= 11 is 0. The molecule has 0 bridgehead atoms. The zero-order valence-corrected chi connectivity index (χ0v) is 6.12. The van der Waals surface area contributed by atoms with Gasteiger partial charge in [-0.3, -0.25) is 0 Å². The van der Waals surface area contributed by atoms with E-state index in [0.29, 0.717) is 13.0 Å². The summed E-state index contributed by atoms with van der Waals surface area (Å²) in [7, 11) is 0. The van der Waals surface area contributed by atoms with E-state index >= 15 is 0 Å². The van der Waals surface area contributed by atoms with Gasteiger partial charge in [-0.2, -0.15) is 0 Å². The molecule has 0 radical (unpaired) electrons. The van der Waals surface area contributed by atoms with Crippen molar-refractivity contribution in [3.63, 3.8) is 0 Å². The van der Waals surface area contributed by atoms with Crippen LogP contribution in [0.1, 0.15) is 6.42 Å². The summed E-state index contributed by atoms with van der Waals surface area (Å²) in [6.07, 6.45) is -1.31. The second-order valence-electron chi connectivity index (χ2n) is 2.54. The summed E-state index contributed by atoms with van der Waals surface area (Å²) in [6.45, 7) is 1.23. The normalized spacial score (nSPS) is 31.4. The summed E-state index contributed by atoms with van der Waals surface area (Å²) < 4.78 is 4.63. The van der Waals surface area contributed by atoms with Gasteiger partial charge in [0.25, 0.3) is 0 Å². The Kier molecular flexibility index (Phi) is 2.67. The molecule has 1 fully saturated rings. The highest BCUT2D eigenvalue weighted by Gasteiger charge is 2.25. The van der Waals surface area contributed by atoms with E-state index in [1.54, 1.807) is 0 Å². The van der Waals surface area contributed by atoms with Crippen LogP contribution in [0.2, 0.25) is 0 Å². The summed E-state index contributed by atoms with van der Waals surface area (Å²) in [5, 5.41) is 12.2. The van der Waals surface area contributed by atoms with Crippen molar-refractivity contribution < 1.29 is 14.6 Å². The molecule has 5 nitrogen and oxygen atoms in total. The first-order chi connectivity index (χ1) is 5.20. The first-order valence-corrected chi connectivity index (χ1v) is 3.55. The molecule has 1 heterocycles. The largest absolute Gasteiger partial charge is 0.442 e. The van der Waals surface area contributed by atoms with Crippen molar-refractivity contribution in [2.75, 3.05) is 13.1 Å². The maximum atomic E-state index is 10.3. The number of aliphatic hydroxyl groups excluding tert-OH is 1. The minimum atomic E-state index is -0.835. The standard InChI is InChI=1S/C6H12N2O3/c7-6(10)11-5-3-8-2-1-4(5)9/h4-5,8-9H,1-3H2,(H2,7,10)/t4-,5+/m1/s1. The molecule has 0 aromatic heterocycles. The third-order valence-electron chi connectivity index (χ3n) is 1.66. The van der Waals surface area contributed by atoms with Crippen LogP contribution in [0.15, 0.2) is 0 Å². The average Bonchev–Trinajstić information content (AvgIpc) is 1.93. The van der Waals surface area contributed by atoms with E-state index in [1.807, 2.05) is 0 Å². The summed E-state index contributed by atoms with van der Waals surface area (Å²) in [4.78, 5) is 10.3. The Morgan fingerprint density at radius 3 is 3.00 bits per heavy atom. The Balaban J connectivity index is 2.35. The third kappa shape index (κ3) is 2.36. The highest BCUT2D eigenvalue weighted by Crippen LogP contribution is 2.06. The highest BCUT2D eigenvalue weighted by molar-refractivity contribution is 5.64. The molecular formula is C6H12N2O3. The van der Waals surface area contributed by atoms with Gasteiger partial charge < -0.3 is 20.9 Å². The zero-order valence-electron chi connectivity index (χ0n) is 6.12. The Hall–Kier alpha value is -0.810. The molecule has 0 aromatic carbocycles. The van der Waals surface area contributed by atoms with Gasteiger partial charge in [0.15, 0.2) is 0 Å². The van der Waals surface area contributed by atoms with Crippen molar-refractivity contribution in [2.45, 2.75) is 18.6 Å². The number of hydrogen-bond acceptors (Lipinski definition) is 4. The number of carbonyl (C=O) groups is 1. The van der Waals surface area contributed by atoms with Crippen LogP contribution in [-0.4, -0.2) is 36.5 Å². The first kappa shape index (κ1) is 8.29. The molecule has 64 valence electrons. The molecule has 5 heteroatoms. The Bertz CT molecular complexity index is 151. The van der Waals surface area contributed by atoms with Crippen LogP contribution in [0.5, 0.6) is 0 Å². The molecule has 4 N–H and O–H groups in total. The summed E-state index contributed by atoms with van der Waals surface area (Å²) in [5.41, 5.74) is 4.79. The van der Waals surface area contributed by atoms with Crippen molar-refractivity contribution in [1.82, 2.24) is 5.32 Å². The smallest absolute Gasteiger partial charge is 0.404 e. The van der Waals surface area contributed by atoms with Gasteiger partial charge in [0, 0.05) is 6.54 Å². The molecule has 11 heavy (non-hydrogen) atoms. The SMILES string of the molecule is NC(=O)O[C@H]1CNCC[C@H]1O. The van der Waals surface area contributed by atoms with E-state index < -0.39 is 18.3 Å². The average molecular weight is 160 g/mol. The number of nitrogens with one attached hydrogen (secondary N) is 1. The van der Waals surface area contributed by atoms with Gasteiger partial charge in [0.1, 0.15) is 6.10 Å². The number of amides is 1. The summed E-state index contributed by atoms with van der Waals surface area (Å²) in [6, 6.07) is 0. The van der Waals surface area contributed by atoms with Gasteiger partial charge in [0.2, 0.25) is 0 Å². The molecule has 0 aromatic rings. The fraction of sp³-hybridized carbons (Fsp3) is 0.833. The lowest BCUT2D eigenvalue weighted by Crippen LogP contribution is -2.47. The minimum Gasteiger partial charge on any atom is -0.442 e. The zero-order chi connectivity index (χ0) is 8.27. The van der Waals surface area contributed by atoms with E-state index in [4.69, 9.17) is 5.73 Å². The monoisotopic (exact) mass is 160 g/mol. The third-order valence-corrected chi connectivity index (χ3v) is 1.66. The van der Waals surface area contributed by atoms with Crippen LogP contribution in [-0.2, 0) is 4.74 Å². The van der Waals surface area contributed by atoms with Crippen molar-refractivity contribution >= 4 is 6.09 Å². The van der Waals surface area contributed by atoms with Crippen LogP contribution in [0, 0.1) is 0 Å². The lowest BCUT2D eigenvalue weighted by atomic mass is 10.1. The van der Waals surface area contributed by atoms with Crippen LogP contribution < -0.4 is 11.1 Å².